The highest BCUT2D eigenvalue weighted by atomic mass is 32.2. The third kappa shape index (κ3) is 4.78. The van der Waals surface area contributed by atoms with Crippen LogP contribution >= 0.6 is 11.8 Å². The van der Waals surface area contributed by atoms with Gasteiger partial charge in [-0.1, -0.05) is 37.7 Å². The molecule has 0 fully saturated rings. The zero-order valence-corrected chi connectivity index (χ0v) is 17.0. The quantitative estimate of drug-likeness (QED) is 0.577. The summed E-state index contributed by atoms with van der Waals surface area (Å²) < 4.78 is 14.9. The van der Waals surface area contributed by atoms with Crippen LogP contribution in [-0.4, -0.2) is 26.4 Å². The molecule has 1 N–H and O–H groups in total. The number of hydrogen-bond donors (Lipinski definition) is 1. The van der Waals surface area contributed by atoms with Crippen molar-refractivity contribution in [3.05, 3.63) is 59.9 Å². The number of aromatic nitrogens is 3. The van der Waals surface area contributed by atoms with E-state index in [1.807, 2.05) is 19.2 Å². The minimum absolute atomic E-state index is 0.104. The number of thioether (sulfide) groups is 1. The first-order chi connectivity index (χ1) is 13.5. The molecule has 0 bridgehead atoms. The van der Waals surface area contributed by atoms with E-state index >= 15 is 0 Å². The summed E-state index contributed by atoms with van der Waals surface area (Å²) in [6, 6.07) is 14.0. The number of anilines is 1. The summed E-state index contributed by atoms with van der Waals surface area (Å²) in [5.41, 5.74) is 2.82. The predicted octanol–water partition coefficient (Wildman–Crippen LogP) is 4.87. The van der Waals surface area contributed by atoms with E-state index in [0.29, 0.717) is 16.9 Å². The minimum atomic E-state index is -0.297. The molecule has 7 heteroatoms. The number of rotatable bonds is 7. The molecular weight excluding hydrogens is 375 g/mol. The summed E-state index contributed by atoms with van der Waals surface area (Å²) in [6.45, 7) is 4.34. The van der Waals surface area contributed by atoms with Gasteiger partial charge in [0.05, 0.1) is 5.75 Å². The Bertz CT molecular complexity index is 938. The molecule has 0 unspecified atom stereocenters. The maximum absolute atomic E-state index is 13.1. The number of hydrogen-bond acceptors (Lipinski definition) is 4. The van der Waals surface area contributed by atoms with Crippen LogP contribution in [0, 0.1) is 5.82 Å². The molecule has 146 valence electrons. The van der Waals surface area contributed by atoms with Gasteiger partial charge in [-0.15, -0.1) is 10.2 Å². The Morgan fingerprint density at radius 1 is 1.14 bits per heavy atom. The fraction of sp³-hybridized carbons (Fsp3) is 0.286. The van der Waals surface area contributed by atoms with Crippen molar-refractivity contribution in [2.75, 3.05) is 11.1 Å². The molecule has 3 aromatic rings. The maximum atomic E-state index is 13.1. The smallest absolute Gasteiger partial charge is 0.234 e. The van der Waals surface area contributed by atoms with E-state index in [4.69, 9.17) is 0 Å². The molecule has 0 radical (unpaired) electrons. The number of nitrogens with one attached hydrogen (secondary N) is 1. The summed E-state index contributed by atoms with van der Waals surface area (Å²) >= 11 is 1.31. The average molecular weight is 399 g/mol. The molecule has 0 saturated carbocycles. The van der Waals surface area contributed by atoms with Crippen molar-refractivity contribution in [2.45, 2.75) is 31.3 Å². The lowest BCUT2D eigenvalue weighted by molar-refractivity contribution is -0.113. The number of halogens is 1. The number of nitrogens with zero attached hydrogens (tertiary/aromatic N) is 3. The average Bonchev–Trinajstić information content (AvgIpc) is 3.07. The maximum Gasteiger partial charge on any atom is 0.234 e. The fourth-order valence-corrected chi connectivity index (χ4v) is 3.46. The molecule has 0 saturated heterocycles. The first-order valence-electron chi connectivity index (χ1n) is 9.16. The van der Waals surface area contributed by atoms with E-state index in [0.717, 1.165) is 17.7 Å². The Balaban J connectivity index is 1.58. The number of amides is 1. The van der Waals surface area contributed by atoms with Crippen molar-refractivity contribution in [2.24, 2.45) is 7.05 Å². The molecular formula is C21H23FN4OS. The van der Waals surface area contributed by atoms with Crippen molar-refractivity contribution < 1.29 is 9.18 Å². The van der Waals surface area contributed by atoms with Crippen molar-refractivity contribution in [1.82, 2.24) is 14.8 Å². The van der Waals surface area contributed by atoms with Crippen molar-refractivity contribution in [1.29, 1.82) is 0 Å². The topological polar surface area (TPSA) is 59.8 Å². The van der Waals surface area contributed by atoms with Gasteiger partial charge in [-0.25, -0.2) is 4.39 Å². The SMILES string of the molecule is CC[C@H](C)c1ccc(NC(=O)CSc2nnc(-c3ccc(F)cc3)n2C)cc1. The molecule has 0 spiro atoms. The minimum Gasteiger partial charge on any atom is -0.325 e. The van der Waals surface area contributed by atoms with E-state index in [1.54, 1.807) is 16.7 Å². The van der Waals surface area contributed by atoms with Gasteiger partial charge >= 0.3 is 0 Å². The molecule has 2 aromatic carbocycles. The first kappa shape index (κ1) is 20.1. The molecule has 28 heavy (non-hydrogen) atoms. The van der Waals surface area contributed by atoms with E-state index < -0.39 is 0 Å². The van der Waals surface area contributed by atoms with E-state index in [9.17, 15) is 9.18 Å². The fourth-order valence-electron chi connectivity index (χ4n) is 2.75. The van der Waals surface area contributed by atoms with Gasteiger partial charge in [0.1, 0.15) is 5.82 Å². The number of benzene rings is 2. The molecule has 1 heterocycles. The van der Waals surface area contributed by atoms with Gasteiger partial charge in [-0.2, -0.15) is 0 Å². The van der Waals surface area contributed by atoms with E-state index in [1.165, 1.54) is 29.5 Å². The molecule has 0 aliphatic heterocycles. The Kier molecular flexibility index (Phi) is 6.46. The molecule has 1 atom stereocenters. The van der Waals surface area contributed by atoms with Gasteiger partial charge in [0.15, 0.2) is 11.0 Å². The van der Waals surface area contributed by atoms with Crippen LogP contribution in [-0.2, 0) is 11.8 Å². The second kappa shape index (κ2) is 9.01. The lowest BCUT2D eigenvalue weighted by atomic mass is 9.99. The van der Waals surface area contributed by atoms with Crippen LogP contribution in [0.15, 0.2) is 53.7 Å². The normalized spacial score (nSPS) is 12.0. The van der Waals surface area contributed by atoms with Crippen LogP contribution in [0.5, 0.6) is 0 Å². The number of carbonyl (C=O) groups is 1. The summed E-state index contributed by atoms with van der Waals surface area (Å²) in [5, 5.41) is 11.8. The van der Waals surface area contributed by atoms with Crippen LogP contribution in [0.25, 0.3) is 11.4 Å². The largest absolute Gasteiger partial charge is 0.325 e. The predicted molar refractivity (Wildman–Crippen MR) is 111 cm³/mol. The molecule has 0 aliphatic rings. The van der Waals surface area contributed by atoms with Crippen LogP contribution in [0.4, 0.5) is 10.1 Å². The lowest BCUT2D eigenvalue weighted by Gasteiger charge is -2.10. The second-order valence-electron chi connectivity index (χ2n) is 6.64. The summed E-state index contributed by atoms with van der Waals surface area (Å²) in [4.78, 5) is 12.3. The van der Waals surface area contributed by atoms with E-state index in [-0.39, 0.29) is 17.5 Å². The third-order valence-electron chi connectivity index (χ3n) is 4.65. The van der Waals surface area contributed by atoms with Crippen LogP contribution in [0.2, 0.25) is 0 Å². The highest BCUT2D eigenvalue weighted by Gasteiger charge is 2.13. The van der Waals surface area contributed by atoms with Crippen molar-refractivity contribution in [3.8, 4) is 11.4 Å². The van der Waals surface area contributed by atoms with Gasteiger partial charge in [0, 0.05) is 18.3 Å². The molecule has 0 aliphatic carbocycles. The Hall–Kier alpha value is -2.67. The van der Waals surface area contributed by atoms with Crippen molar-refractivity contribution >= 4 is 23.4 Å². The standard InChI is InChI=1S/C21H23FN4OS/c1-4-14(2)15-7-11-18(12-8-15)23-19(27)13-28-21-25-24-20(26(21)3)16-5-9-17(22)10-6-16/h5-12,14H,4,13H2,1-3H3,(H,23,27)/t14-/m0/s1. The lowest BCUT2D eigenvalue weighted by Crippen LogP contribution is -2.14. The van der Waals surface area contributed by atoms with Gasteiger partial charge in [-0.05, 0) is 54.3 Å². The van der Waals surface area contributed by atoms with Gasteiger partial charge < -0.3 is 9.88 Å². The second-order valence-corrected chi connectivity index (χ2v) is 7.58. The summed E-state index contributed by atoms with van der Waals surface area (Å²) in [6.07, 6.45) is 1.08. The van der Waals surface area contributed by atoms with Crippen LogP contribution in [0.1, 0.15) is 31.7 Å². The molecule has 5 nitrogen and oxygen atoms in total. The van der Waals surface area contributed by atoms with Crippen LogP contribution < -0.4 is 5.32 Å². The Labute approximate surface area is 168 Å². The van der Waals surface area contributed by atoms with Gasteiger partial charge in [0.2, 0.25) is 5.91 Å². The van der Waals surface area contributed by atoms with E-state index in [2.05, 4.69) is 41.5 Å². The monoisotopic (exact) mass is 398 g/mol. The van der Waals surface area contributed by atoms with Gasteiger partial charge in [0.25, 0.3) is 0 Å². The Morgan fingerprint density at radius 3 is 2.46 bits per heavy atom. The number of carbonyl (C=O) groups excluding carboxylic acids is 1. The Morgan fingerprint density at radius 2 is 1.82 bits per heavy atom. The zero-order chi connectivity index (χ0) is 20.1. The van der Waals surface area contributed by atoms with Crippen LogP contribution in [0.3, 0.4) is 0 Å². The summed E-state index contributed by atoms with van der Waals surface area (Å²) in [5.74, 6) is 0.958. The molecule has 3 rings (SSSR count). The molecule has 1 amide bonds. The highest BCUT2D eigenvalue weighted by Crippen LogP contribution is 2.24. The molecule has 1 aromatic heterocycles. The van der Waals surface area contributed by atoms with Gasteiger partial charge in [-0.3, -0.25) is 4.79 Å². The highest BCUT2D eigenvalue weighted by molar-refractivity contribution is 7.99. The third-order valence-corrected chi connectivity index (χ3v) is 5.67. The van der Waals surface area contributed by atoms with Crippen molar-refractivity contribution in [3.63, 3.8) is 0 Å². The summed E-state index contributed by atoms with van der Waals surface area (Å²) in [7, 11) is 1.83. The first-order valence-corrected chi connectivity index (χ1v) is 10.1. The zero-order valence-electron chi connectivity index (χ0n) is 16.1.